The maximum absolute atomic E-state index is 12.0. The number of nitrogens with zero attached hydrogens (tertiary/aromatic N) is 2. The van der Waals surface area contributed by atoms with Crippen molar-refractivity contribution >= 4 is 6.29 Å². The summed E-state index contributed by atoms with van der Waals surface area (Å²) in [5.74, 6) is 0.194. The van der Waals surface area contributed by atoms with Crippen LogP contribution in [0.1, 0.15) is 15.9 Å². The summed E-state index contributed by atoms with van der Waals surface area (Å²) in [6, 6.07) is 9.43. The Bertz CT molecular complexity index is 605. The summed E-state index contributed by atoms with van der Waals surface area (Å²) in [6.07, 6.45) is 1.86. The third-order valence-corrected chi connectivity index (χ3v) is 2.56. The minimum Gasteiger partial charge on any atom is -0.494 e. The van der Waals surface area contributed by atoms with Gasteiger partial charge in [0.25, 0.3) is 5.56 Å². The van der Waals surface area contributed by atoms with Crippen LogP contribution >= 0.6 is 0 Å². The van der Waals surface area contributed by atoms with Gasteiger partial charge in [0.15, 0.2) is 12.0 Å². The molecule has 0 spiro atoms. The van der Waals surface area contributed by atoms with E-state index in [-0.39, 0.29) is 11.3 Å². The van der Waals surface area contributed by atoms with E-state index in [0.29, 0.717) is 12.8 Å². The summed E-state index contributed by atoms with van der Waals surface area (Å²) in [6.45, 7) is 0.324. The van der Waals surface area contributed by atoms with E-state index in [0.717, 1.165) is 5.56 Å². The number of carbonyl (C=O) groups excluding carboxylic acids is 1. The lowest BCUT2D eigenvalue weighted by Crippen LogP contribution is -2.26. The first-order valence-corrected chi connectivity index (χ1v) is 5.39. The van der Waals surface area contributed by atoms with E-state index >= 15 is 0 Å². The summed E-state index contributed by atoms with van der Waals surface area (Å²) >= 11 is 0. The van der Waals surface area contributed by atoms with Crippen molar-refractivity contribution in [2.45, 2.75) is 6.54 Å². The lowest BCUT2D eigenvalue weighted by Gasteiger charge is -2.07. The van der Waals surface area contributed by atoms with Crippen molar-refractivity contribution in [2.75, 3.05) is 7.11 Å². The number of hydrogen-bond acceptors (Lipinski definition) is 4. The molecule has 1 aromatic heterocycles. The van der Waals surface area contributed by atoms with Crippen LogP contribution in [0.4, 0.5) is 0 Å². The lowest BCUT2D eigenvalue weighted by molar-refractivity contribution is 0.111. The Kier molecular flexibility index (Phi) is 3.52. The third-order valence-electron chi connectivity index (χ3n) is 2.56. The molecule has 18 heavy (non-hydrogen) atoms. The van der Waals surface area contributed by atoms with Gasteiger partial charge in [0.2, 0.25) is 0 Å². The van der Waals surface area contributed by atoms with Gasteiger partial charge in [0.05, 0.1) is 19.9 Å². The van der Waals surface area contributed by atoms with Crippen molar-refractivity contribution in [1.82, 2.24) is 9.78 Å². The van der Waals surface area contributed by atoms with Gasteiger partial charge >= 0.3 is 0 Å². The van der Waals surface area contributed by atoms with E-state index in [1.54, 1.807) is 0 Å². The number of aromatic nitrogens is 2. The Morgan fingerprint density at radius 3 is 2.67 bits per heavy atom. The zero-order valence-electron chi connectivity index (χ0n) is 9.87. The highest BCUT2D eigenvalue weighted by Crippen LogP contribution is 2.09. The molecule has 2 rings (SSSR count). The largest absolute Gasteiger partial charge is 0.494 e. The molecule has 92 valence electrons. The first-order chi connectivity index (χ1) is 8.76. The first-order valence-electron chi connectivity index (χ1n) is 5.39. The van der Waals surface area contributed by atoms with Crippen LogP contribution in [0.25, 0.3) is 0 Å². The summed E-state index contributed by atoms with van der Waals surface area (Å²) in [5, 5.41) is 3.97. The molecule has 1 aromatic carbocycles. The van der Waals surface area contributed by atoms with Gasteiger partial charge < -0.3 is 4.74 Å². The van der Waals surface area contributed by atoms with Crippen LogP contribution in [-0.4, -0.2) is 23.2 Å². The summed E-state index contributed by atoms with van der Waals surface area (Å²) < 4.78 is 6.15. The molecule has 5 nitrogen and oxygen atoms in total. The second kappa shape index (κ2) is 5.27. The molecule has 0 radical (unpaired) electrons. The lowest BCUT2D eigenvalue weighted by atomic mass is 10.2. The molecule has 2 aromatic rings. The van der Waals surface area contributed by atoms with E-state index in [4.69, 9.17) is 4.74 Å². The van der Waals surface area contributed by atoms with Crippen molar-refractivity contribution in [2.24, 2.45) is 0 Å². The minimum atomic E-state index is -0.451. The van der Waals surface area contributed by atoms with Crippen molar-refractivity contribution in [3.8, 4) is 5.75 Å². The predicted octanol–water partition coefficient (Wildman–Crippen LogP) is 1.11. The van der Waals surface area contributed by atoms with Crippen molar-refractivity contribution in [1.29, 1.82) is 0 Å². The molecular weight excluding hydrogens is 232 g/mol. The number of ether oxygens (including phenoxy) is 1. The van der Waals surface area contributed by atoms with Crippen LogP contribution in [0.3, 0.4) is 0 Å². The van der Waals surface area contributed by atoms with E-state index in [2.05, 4.69) is 5.10 Å². The molecule has 0 saturated heterocycles. The molecule has 0 N–H and O–H groups in total. The Labute approximate surface area is 104 Å². The fourth-order valence-electron chi connectivity index (χ4n) is 1.63. The Morgan fingerprint density at radius 1 is 1.33 bits per heavy atom. The van der Waals surface area contributed by atoms with Gasteiger partial charge in [0.1, 0.15) is 5.56 Å². The fourth-order valence-corrected chi connectivity index (χ4v) is 1.63. The van der Waals surface area contributed by atoms with E-state index in [9.17, 15) is 9.59 Å². The summed E-state index contributed by atoms with van der Waals surface area (Å²) in [4.78, 5) is 22.9. The highest BCUT2D eigenvalue weighted by atomic mass is 16.5. The molecule has 0 amide bonds. The molecule has 1 heterocycles. The molecule has 0 fully saturated rings. The van der Waals surface area contributed by atoms with Crippen LogP contribution < -0.4 is 10.3 Å². The van der Waals surface area contributed by atoms with E-state index in [1.807, 2.05) is 30.3 Å². The number of carbonyl (C=O) groups is 1. The molecule has 0 aliphatic rings. The Balaban J connectivity index is 2.41. The first kappa shape index (κ1) is 12.0. The highest BCUT2D eigenvalue weighted by Gasteiger charge is 2.11. The van der Waals surface area contributed by atoms with Gasteiger partial charge in [0, 0.05) is 0 Å². The van der Waals surface area contributed by atoms with Crippen LogP contribution in [0, 0.1) is 0 Å². The molecule has 0 aliphatic carbocycles. The third kappa shape index (κ3) is 2.29. The van der Waals surface area contributed by atoms with Crippen molar-refractivity contribution in [3.63, 3.8) is 0 Å². The maximum atomic E-state index is 12.0. The van der Waals surface area contributed by atoms with Gasteiger partial charge in [-0.2, -0.15) is 5.10 Å². The zero-order chi connectivity index (χ0) is 13.0. The van der Waals surface area contributed by atoms with Crippen molar-refractivity contribution < 1.29 is 9.53 Å². The molecule has 0 unspecified atom stereocenters. The molecular formula is C13H12N2O3. The minimum absolute atomic E-state index is 0.0107. The SMILES string of the molecule is COc1cnn(Cc2ccccc2)c(=O)c1C=O. The monoisotopic (exact) mass is 244 g/mol. The number of hydrogen-bond donors (Lipinski definition) is 0. The highest BCUT2D eigenvalue weighted by molar-refractivity contribution is 5.78. The summed E-state index contributed by atoms with van der Waals surface area (Å²) in [5.41, 5.74) is 0.478. The van der Waals surface area contributed by atoms with Crippen molar-refractivity contribution in [3.05, 3.63) is 58.0 Å². The second-order valence-corrected chi connectivity index (χ2v) is 3.69. The smallest absolute Gasteiger partial charge is 0.281 e. The quantitative estimate of drug-likeness (QED) is 0.756. The van der Waals surface area contributed by atoms with Crippen LogP contribution in [0.5, 0.6) is 5.75 Å². The van der Waals surface area contributed by atoms with Crippen LogP contribution in [0.15, 0.2) is 41.3 Å². The number of benzene rings is 1. The van der Waals surface area contributed by atoms with Gasteiger partial charge in [-0.15, -0.1) is 0 Å². The normalized spacial score (nSPS) is 10.1. The fraction of sp³-hybridized carbons (Fsp3) is 0.154. The standard InChI is InChI=1S/C13H12N2O3/c1-18-12-7-14-15(13(17)11(12)9-16)8-10-5-3-2-4-6-10/h2-7,9H,8H2,1H3. The Morgan fingerprint density at radius 2 is 2.06 bits per heavy atom. The van der Waals surface area contributed by atoms with Crippen LogP contribution in [0.2, 0.25) is 0 Å². The van der Waals surface area contributed by atoms with Gasteiger partial charge in [-0.25, -0.2) is 4.68 Å². The summed E-state index contributed by atoms with van der Waals surface area (Å²) in [7, 11) is 1.39. The topological polar surface area (TPSA) is 61.2 Å². The van der Waals surface area contributed by atoms with Gasteiger partial charge in [-0.05, 0) is 5.56 Å². The molecule has 0 atom stereocenters. The van der Waals surface area contributed by atoms with Gasteiger partial charge in [-0.1, -0.05) is 30.3 Å². The van der Waals surface area contributed by atoms with E-state index < -0.39 is 5.56 Å². The van der Waals surface area contributed by atoms with Crippen LogP contribution in [-0.2, 0) is 6.54 Å². The average molecular weight is 244 g/mol. The second-order valence-electron chi connectivity index (χ2n) is 3.69. The van der Waals surface area contributed by atoms with E-state index in [1.165, 1.54) is 18.0 Å². The molecule has 0 bridgehead atoms. The zero-order valence-corrected chi connectivity index (χ0v) is 9.87. The average Bonchev–Trinajstić information content (AvgIpc) is 2.42. The number of methoxy groups -OCH3 is 1. The number of rotatable bonds is 4. The predicted molar refractivity (Wildman–Crippen MR) is 66.0 cm³/mol. The molecule has 5 heteroatoms. The molecule has 0 aliphatic heterocycles. The van der Waals surface area contributed by atoms with Gasteiger partial charge in [-0.3, -0.25) is 9.59 Å². The number of aldehydes is 1. The maximum Gasteiger partial charge on any atom is 0.281 e. The Hall–Kier alpha value is -2.43. The molecule has 0 saturated carbocycles.